The van der Waals surface area contributed by atoms with Crippen LogP contribution < -0.4 is 4.74 Å². The Kier molecular flexibility index (Phi) is 5.75. The molecule has 2 heterocycles. The molecule has 0 radical (unpaired) electrons. The molecule has 2 aromatic heterocycles. The molecule has 7 heteroatoms. The Morgan fingerprint density at radius 3 is 2.76 bits per heavy atom. The van der Waals surface area contributed by atoms with Crippen molar-refractivity contribution in [2.45, 2.75) is 46.1 Å². The second-order valence-corrected chi connectivity index (χ2v) is 6.71. The highest BCUT2D eigenvalue weighted by molar-refractivity contribution is 7.09. The van der Waals surface area contributed by atoms with E-state index in [0.29, 0.717) is 12.4 Å². The summed E-state index contributed by atoms with van der Waals surface area (Å²) in [7, 11) is 1.71. The molecule has 0 atom stereocenters. The van der Waals surface area contributed by atoms with Crippen molar-refractivity contribution in [3.8, 4) is 17.1 Å². The van der Waals surface area contributed by atoms with E-state index in [9.17, 15) is 0 Å². The Balaban J connectivity index is 1.71. The van der Waals surface area contributed by atoms with Crippen molar-refractivity contribution in [1.29, 1.82) is 0 Å². The van der Waals surface area contributed by atoms with E-state index in [1.807, 2.05) is 19.1 Å². The molecule has 0 N–H and O–H groups in total. The van der Waals surface area contributed by atoms with Gasteiger partial charge in [-0.05, 0) is 61.6 Å². The number of aryl methyl sites for hydroxylation is 4. The molecule has 3 rings (SSSR count). The highest BCUT2D eigenvalue weighted by Crippen LogP contribution is 2.26. The summed E-state index contributed by atoms with van der Waals surface area (Å²) in [5.74, 6) is 1.55. The third-order valence-corrected chi connectivity index (χ3v) is 5.10. The van der Waals surface area contributed by atoms with Crippen molar-refractivity contribution >= 4 is 11.3 Å². The van der Waals surface area contributed by atoms with E-state index in [0.717, 1.165) is 37.0 Å². The molecule has 132 valence electrons. The lowest BCUT2D eigenvalue weighted by Gasteiger charge is -2.09. The summed E-state index contributed by atoms with van der Waals surface area (Å²) in [5.41, 5.74) is 3.32. The van der Waals surface area contributed by atoms with Gasteiger partial charge in [-0.25, -0.2) is 4.98 Å². The summed E-state index contributed by atoms with van der Waals surface area (Å²) in [6.07, 6.45) is 3.94. The van der Waals surface area contributed by atoms with Gasteiger partial charge in [-0.15, -0.1) is 21.5 Å². The lowest BCUT2D eigenvalue weighted by molar-refractivity contribution is 0.409. The topological polar surface area (TPSA) is 65.7 Å². The Morgan fingerprint density at radius 2 is 2.08 bits per heavy atom. The van der Waals surface area contributed by atoms with E-state index >= 15 is 0 Å². The number of aromatic nitrogens is 5. The first-order chi connectivity index (χ1) is 12.2. The zero-order chi connectivity index (χ0) is 17.6. The lowest BCUT2D eigenvalue weighted by Crippen LogP contribution is -1.98. The monoisotopic (exact) mass is 357 g/mol. The Hall–Kier alpha value is -2.28. The minimum Gasteiger partial charge on any atom is -0.496 e. The van der Waals surface area contributed by atoms with E-state index in [4.69, 9.17) is 4.74 Å². The van der Waals surface area contributed by atoms with Gasteiger partial charge < -0.3 is 4.74 Å². The number of thiazole rings is 1. The SMILES string of the molecule is CCc1nc(CCCc2cc(-c3nnn(CC)n3)ccc2OC)cs1. The second-order valence-electron chi connectivity index (χ2n) is 5.77. The van der Waals surface area contributed by atoms with Gasteiger partial charge in [0.2, 0.25) is 5.82 Å². The van der Waals surface area contributed by atoms with Crippen LogP contribution in [0.2, 0.25) is 0 Å². The van der Waals surface area contributed by atoms with Crippen molar-refractivity contribution in [3.05, 3.63) is 39.8 Å². The number of ether oxygens (including phenoxy) is 1. The molecule has 0 unspecified atom stereocenters. The van der Waals surface area contributed by atoms with Crippen LogP contribution in [0.1, 0.15) is 36.5 Å². The van der Waals surface area contributed by atoms with Gasteiger partial charge in [-0.3, -0.25) is 0 Å². The van der Waals surface area contributed by atoms with Gasteiger partial charge in [0.15, 0.2) is 0 Å². The van der Waals surface area contributed by atoms with E-state index in [-0.39, 0.29) is 0 Å². The first kappa shape index (κ1) is 17.5. The van der Waals surface area contributed by atoms with Crippen LogP contribution in [0.3, 0.4) is 0 Å². The molecule has 0 aliphatic carbocycles. The zero-order valence-corrected chi connectivity index (χ0v) is 15.7. The summed E-state index contributed by atoms with van der Waals surface area (Å²) in [4.78, 5) is 6.23. The average Bonchev–Trinajstić information content (AvgIpc) is 3.31. The number of nitrogens with zero attached hydrogens (tertiary/aromatic N) is 5. The summed E-state index contributed by atoms with van der Waals surface area (Å²) in [6, 6.07) is 6.07. The molecule has 0 fully saturated rings. The Bertz CT molecular complexity index is 826. The summed E-state index contributed by atoms with van der Waals surface area (Å²) in [5, 5.41) is 15.9. The number of tetrazole rings is 1. The summed E-state index contributed by atoms with van der Waals surface area (Å²) >= 11 is 1.75. The van der Waals surface area contributed by atoms with Crippen LogP contribution >= 0.6 is 11.3 Å². The Morgan fingerprint density at radius 1 is 1.20 bits per heavy atom. The van der Waals surface area contributed by atoms with Crippen LogP contribution in [0.4, 0.5) is 0 Å². The van der Waals surface area contributed by atoms with Crippen LogP contribution in [-0.4, -0.2) is 32.3 Å². The fourth-order valence-electron chi connectivity index (χ4n) is 2.69. The molecular formula is C18H23N5OS. The van der Waals surface area contributed by atoms with Crippen molar-refractivity contribution in [2.75, 3.05) is 7.11 Å². The van der Waals surface area contributed by atoms with E-state index in [2.05, 4.69) is 38.8 Å². The van der Waals surface area contributed by atoms with Crippen molar-refractivity contribution in [3.63, 3.8) is 0 Å². The van der Waals surface area contributed by atoms with Gasteiger partial charge >= 0.3 is 0 Å². The molecule has 0 bridgehead atoms. The molecule has 0 spiro atoms. The molecule has 6 nitrogen and oxygen atoms in total. The fraction of sp³-hybridized carbons (Fsp3) is 0.444. The van der Waals surface area contributed by atoms with Gasteiger partial charge in [0.1, 0.15) is 5.75 Å². The maximum absolute atomic E-state index is 5.51. The first-order valence-electron chi connectivity index (χ1n) is 8.61. The van der Waals surface area contributed by atoms with Gasteiger partial charge in [0, 0.05) is 10.9 Å². The minimum absolute atomic E-state index is 0.651. The predicted octanol–water partition coefficient (Wildman–Crippen LogP) is 3.56. The van der Waals surface area contributed by atoms with Crippen molar-refractivity contribution in [2.24, 2.45) is 0 Å². The molecule has 3 aromatic rings. The minimum atomic E-state index is 0.651. The standard InChI is InChI=1S/C18H23N5OS/c1-4-17-19-15(12-25-17)8-6-7-13-11-14(9-10-16(13)24-3)18-20-22-23(5-2)21-18/h9-12H,4-8H2,1-3H3. The van der Waals surface area contributed by atoms with Crippen LogP contribution in [0.5, 0.6) is 5.75 Å². The third kappa shape index (κ3) is 4.22. The van der Waals surface area contributed by atoms with E-state index in [1.54, 1.807) is 23.2 Å². The van der Waals surface area contributed by atoms with Gasteiger partial charge in [0.05, 0.1) is 24.4 Å². The highest BCUT2D eigenvalue weighted by atomic mass is 32.1. The molecule has 1 aromatic carbocycles. The number of rotatable bonds is 8. The van der Waals surface area contributed by atoms with Crippen LogP contribution in [0.15, 0.2) is 23.6 Å². The average molecular weight is 357 g/mol. The van der Waals surface area contributed by atoms with Crippen LogP contribution in [0.25, 0.3) is 11.4 Å². The third-order valence-electron chi connectivity index (χ3n) is 4.06. The summed E-state index contributed by atoms with van der Waals surface area (Å²) in [6.45, 7) is 4.85. The largest absolute Gasteiger partial charge is 0.496 e. The number of methoxy groups -OCH3 is 1. The fourth-order valence-corrected chi connectivity index (χ4v) is 3.47. The van der Waals surface area contributed by atoms with Gasteiger partial charge in [-0.1, -0.05) is 6.92 Å². The van der Waals surface area contributed by atoms with Gasteiger partial charge in [0.25, 0.3) is 0 Å². The lowest BCUT2D eigenvalue weighted by atomic mass is 10.0. The molecule has 0 saturated heterocycles. The highest BCUT2D eigenvalue weighted by Gasteiger charge is 2.10. The normalized spacial score (nSPS) is 11.0. The molecule has 25 heavy (non-hydrogen) atoms. The molecule has 0 aliphatic heterocycles. The molecule has 0 saturated carbocycles. The molecular weight excluding hydrogens is 334 g/mol. The van der Waals surface area contributed by atoms with Crippen molar-refractivity contribution in [1.82, 2.24) is 25.2 Å². The van der Waals surface area contributed by atoms with Gasteiger partial charge in [-0.2, -0.15) is 4.80 Å². The number of hydrogen-bond acceptors (Lipinski definition) is 6. The quantitative estimate of drug-likeness (QED) is 0.617. The smallest absolute Gasteiger partial charge is 0.204 e. The van der Waals surface area contributed by atoms with E-state index < -0.39 is 0 Å². The summed E-state index contributed by atoms with van der Waals surface area (Å²) < 4.78 is 5.51. The number of hydrogen-bond donors (Lipinski definition) is 0. The first-order valence-corrected chi connectivity index (χ1v) is 9.49. The number of benzene rings is 1. The molecule has 0 amide bonds. The van der Waals surface area contributed by atoms with E-state index in [1.165, 1.54) is 16.3 Å². The maximum atomic E-state index is 5.51. The van der Waals surface area contributed by atoms with Crippen molar-refractivity contribution < 1.29 is 4.74 Å². The maximum Gasteiger partial charge on any atom is 0.204 e. The Labute approximate surface area is 151 Å². The predicted molar refractivity (Wildman–Crippen MR) is 99.0 cm³/mol. The van der Waals surface area contributed by atoms with Crippen LogP contribution in [-0.2, 0) is 25.8 Å². The van der Waals surface area contributed by atoms with Crippen LogP contribution in [0, 0.1) is 0 Å². The zero-order valence-electron chi connectivity index (χ0n) is 14.9. The molecule has 0 aliphatic rings. The second kappa shape index (κ2) is 8.20.